The second-order valence-electron chi connectivity index (χ2n) is 5.42. The first-order valence-corrected chi connectivity index (χ1v) is 8.73. The Balaban J connectivity index is 1.56. The molecule has 3 rings (SSSR count). The Labute approximate surface area is 153 Å². The zero-order valence-corrected chi connectivity index (χ0v) is 15.1. The summed E-state index contributed by atoms with van der Waals surface area (Å²) in [5.74, 6) is 0.713. The smallest absolute Gasteiger partial charge is 0.308 e. The minimum absolute atomic E-state index is 0.0883. The molecule has 0 aliphatic heterocycles. The molecular weight excluding hydrogens is 358 g/mol. The van der Waals surface area contributed by atoms with E-state index in [4.69, 9.17) is 14.0 Å². The summed E-state index contributed by atoms with van der Waals surface area (Å²) in [6.45, 7) is 1.98. The van der Waals surface area contributed by atoms with E-state index >= 15 is 0 Å². The van der Waals surface area contributed by atoms with Gasteiger partial charge in [0.1, 0.15) is 5.75 Å². The molecule has 0 bridgehead atoms. The van der Waals surface area contributed by atoms with Gasteiger partial charge in [0.2, 0.25) is 5.82 Å². The van der Waals surface area contributed by atoms with Crippen LogP contribution in [0.25, 0.3) is 11.4 Å². The van der Waals surface area contributed by atoms with Gasteiger partial charge in [0.25, 0.3) is 5.89 Å². The average molecular weight is 375 g/mol. The van der Waals surface area contributed by atoms with Crippen molar-refractivity contribution in [2.24, 2.45) is 0 Å². The van der Waals surface area contributed by atoms with Gasteiger partial charge < -0.3 is 18.6 Å². The molecular formula is C17H17N3O5S. The van der Waals surface area contributed by atoms with E-state index in [2.05, 4.69) is 10.1 Å². The average Bonchev–Trinajstić information content (AvgIpc) is 3.25. The maximum atomic E-state index is 11.9. The number of methoxy groups -OCH3 is 1. The molecule has 136 valence electrons. The molecule has 2 heterocycles. The summed E-state index contributed by atoms with van der Waals surface area (Å²) >= 11 is 1.11. The van der Waals surface area contributed by atoms with Crippen LogP contribution < -0.4 is 9.61 Å². The minimum Gasteiger partial charge on any atom is -0.496 e. The van der Waals surface area contributed by atoms with Gasteiger partial charge in [-0.1, -0.05) is 28.6 Å². The lowest BCUT2D eigenvalue weighted by Gasteiger charge is -2.04. The number of nitrogens with zero attached hydrogens (tertiary/aromatic N) is 3. The number of aromatic nitrogens is 3. The molecule has 3 aromatic rings. The first kappa shape index (κ1) is 17.9. The highest BCUT2D eigenvalue weighted by Gasteiger charge is 2.14. The Kier molecular flexibility index (Phi) is 5.47. The molecule has 0 N–H and O–H groups in total. The minimum atomic E-state index is -0.445. The third-order valence-corrected chi connectivity index (χ3v) is 4.57. The predicted molar refractivity (Wildman–Crippen MR) is 94.0 cm³/mol. The van der Waals surface area contributed by atoms with Gasteiger partial charge in [-0.15, -0.1) is 0 Å². The summed E-state index contributed by atoms with van der Waals surface area (Å²) in [4.78, 5) is 27.6. The van der Waals surface area contributed by atoms with E-state index in [0.29, 0.717) is 17.1 Å². The molecule has 8 nitrogen and oxygen atoms in total. The second-order valence-corrected chi connectivity index (χ2v) is 6.24. The molecule has 1 aromatic carbocycles. The van der Waals surface area contributed by atoms with Crippen molar-refractivity contribution in [2.45, 2.75) is 26.5 Å². The number of hydrogen-bond acceptors (Lipinski definition) is 8. The molecule has 0 spiro atoms. The quantitative estimate of drug-likeness (QED) is 0.585. The van der Waals surface area contributed by atoms with Gasteiger partial charge >= 0.3 is 10.8 Å². The Morgan fingerprint density at radius 1 is 1.35 bits per heavy atom. The number of thiazole rings is 1. The summed E-state index contributed by atoms with van der Waals surface area (Å²) in [5.41, 5.74) is 1.51. The normalized spacial score (nSPS) is 10.7. The Bertz CT molecular complexity index is 959. The van der Waals surface area contributed by atoms with E-state index < -0.39 is 5.97 Å². The third kappa shape index (κ3) is 3.99. The van der Waals surface area contributed by atoms with Crippen molar-refractivity contribution in [3.63, 3.8) is 0 Å². The number of ether oxygens (including phenoxy) is 2. The molecule has 0 saturated carbocycles. The highest BCUT2D eigenvalue weighted by Crippen LogP contribution is 2.27. The molecule has 0 radical (unpaired) electrons. The highest BCUT2D eigenvalue weighted by atomic mass is 32.1. The number of benzene rings is 1. The van der Waals surface area contributed by atoms with Gasteiger partial charge in [0.15, 0.2) is 6.61 Å². The number of hydrogen-bond donors (Lipinski definition) is 0. The van der Waals surface area contributed by atoms with Gasteiger partial charge in [-0.25, -0.2) is 0 Å². The lowest BCUT2D eigenvalue weighted by molar-refractivity contribution is -0.146. The van der Waals surface area contributed by atoms with Crippen LogP contribution in [0.1, 0.15) is 18.0 Å². The fraction of sp³-hybridized carbons (Fsp3) is 0.294. The van der Waals surface area contributed by atoms with Crippen LogP contribution in [-0.2, 0) is 22.7 Å². The van der Waals surface area contributed by atoms with E-state index in [9.17, 15) is 9.59 Å². The van der Waals surface area contributed by atoms with Crippen LogP contribution in [0.15, 0.2) is 39.0 Å². The molecule has 0 aliphatic rings. The van der Waals surface area contributed by atoms with Crippen molar-refractivity contribution in [3.05, 3.63) is 50.9 Å². The molecule has 0 atom stereocenters. The van der Waals surface area contributed by atoms with Gasteiger partial charge in [-0.3, -0.25) is 9.59 Å². The first-order valence-electron chi connectivity index (χ1n) is 7.85. The number of aryl methyl sites for hydroxylation is 1. The van der Waals surface area contributed by atoms with Crippen LogP contribution in [-0.4, -0.2) is 27.8 Å². The standard InChI is InChI=1S/C17H17N3O5S/c1-11-10-26-17(22)20(11)8-7-15(21)24-9-14-18-16(19-25-14)12-5-3-4-6-13(12)23-2/h3-6,10H,7-9H2,1-2H3. The van der Waals surface area contributed by atoms with Crippen LogP contribution in [0.2, 0.25) is 0 Å². The van der Waals surface area contributed by atoms with E-state index in [0.717, 1.165) is 17.0 Å². The summed E-state index contributed by atoms with van der Waals surface area (Å²) in [5, 5.41) is 5.64. The Morgan fingerprint density at radius 3 is 2.88 bits per heavy atom. The summed E-state index contributed by atoms with van der Waals surface area (Å²) in [6.07, 6.45) is 0.0883. The number of carbonyl (C=O) groups is 1. The zero-order valence-electron chi connectivity index (χ0n) is 14.3. The molecule has 0 fully saturated rings. The van der Waals surface area contributed by atoms with Gasteiger partial charge in [-0.05, 0) is 19.1 Å². The summed E-state index contributed by atoms with van der Waals surface area (Å²) in [7, 11) is 1.56. The zero-order chi connectivity index (χ0) is 18.5. The molecule has 26 heavy (non-hydrogen) atoms. The highest BCUT2D eigenvalue weighted by molar-refractivity contribution is 7.07. The second kappa shape index (κ2) is 7.96. The van der Waals surface area contributed by atoms with Gasteiger partial charge in [-0.2, -0.15) is 4.98 Å². The fourth-order valence-electron chi connectivity index (χ4n) is 2.34. The molecule has 0 aliphatic carbocycles. The summed E-state index contributed by atoms with van der Waals surface area (Å²) < 4.78 is 17.0. The topological polar surface area (TPSA) is 96.5 Å². The van der Waals surface area contributed by atoms with Crippen LogP contribution in [0, 0.1) is 6.92 Å². The van der Waals surface area contributed by atoms with Crippen LogP contribution in [0.3, 0.4) is 0 Å². The van der Waals surface area contributed by atoms with Crippen molar-refractivity contribution >= 4 is 17.3 Å². The number of carbonyl (C=O) groups excluding carboxylic acids is 1. The Hall–Kier alpha value is -2.94. The molecule has 2 aromatic heterocycles. The van der Waals surface area contributed by atoms with Gasteiger partial charge in [0.05, 0.1) is 19.1 Å². The van der Waals surface area contributed by atoms with Crippen molar-refractivity contribution in [2.75, 3.05) is 7.11 Å². The van der Waals surface area contributed by atoms with Crippen molar-refractivity contribution in [1.29, 1.82) is 0 Å². The lowest BCUT2D eigenvalue weighted by Crippen LogP contribution is -2.17. The molecule has 0 saturated heterocycles. The van der Waals surface area contributed by atoms with E-state index in [-0.39, 0.29) is 30.3 Å². The van der Waals surface area contributed by atoms with Gasteiger partial charge in [0, 0.05) is 17.6 Å². The Morgan fingerprint density at radius 2 is 2.15 bits per heavy atom. The monoisotopic (exact) mass is 375 g/mol. The van der Waals surface area contributed by atoms with Crippen molar-refractivity contribution in [3.8, 4) is 17.1 Å². The number of rotatable bonds is 7. The maximum absolute atomic E-state index is 11.9. The van der Waals surface area contributed by atoms with Crippen LogP contribution in [0.4, 0.5) is 0 Å². The van der Waals surface area contributed by atoms with Crippen LogP contribution in [0.5, 0.6) is 5.75 Å². The first-order chi connectivity index (χ1) is 12.6. The fourth-order valence-corrected chi connectivity index (χ4v) is 3.11. The molecule has 0 amide bonds. The molecule has 0 unspecified atom stereocenters. The number of esters is 1. The van der Waals surface area contributed by atoms with E-state index in [1.54, 1.807) is 29.2 Å². The summed E-state index contributed by atoms with van der Waals surface area (Å²) in [6, 6.07) is 7.27. The lowest BCUT2D eigenvalue weighted by atomic mass is 10.2. The predicted octanol–water partition coefficient (Wildman–Crippen LogP) is 2.41. The number of para-hydroxylation sites is 1. The van der Waals surface area contributed by atoms with Crippen molar-refractivity contribution in [1.82, 2.24) is 14.7 Å². The maximum Gasteiger partial charge on any atom is 0.308 e. The van der Waals surface area contributed by atoms with E-state index in [1.165, 1.54) is 0 Å². The SMILES string of the molecule is COc1ccccc1-c1noc(COC(=O)CCn2c(C)csc2=O)n1. The van der Waals surface area contributed by atoms with E-state index in [1.807, 2.05) is 19.1 Å². The third-order valence-electron chi connectivity index (χ3n) is 3.69. The largest absolute Gasteiger partial charge is 0.496 e. The van der Waals surface area contributed by atoms with Crippen LogP contribution >= 0.6 is 11.3 Å². The molecule has 9 heteroatoms. The van der Waals surface area contributed by atoms with Crippen molar-refractivity contribution < 1.29 is 18.8 Å².